The molecule has 1 aliphatic carbocycles. The molecule has 1 aromatic carbocycles. The Morgan fingerprint density at radius 1 is 1.27 bits per heavy atom. The summed E-state index contributed by atoms with van der Waals surface area (Å²) < 4.78 is 5.42. The topological polar surface area (TPSA) is 105 Å². The van der Waals surface area contributed by atoms with Crippen molar-refractivity contribution in [3.05, 3.63) is 41.6 Å². The fourth-order valence-electron chi connectivity index (χ4n) is 3.64. The number of nitrogens with two attached hydrogens (primary N) is 1. The van der Waals surface area contributed by atoms with Gasteiger partial charge in [-0.2, -0.15) is 4.98 Å². The van der Waals surface area contributed by atoms with Gasteiger partial charge in [-0.3, -0.25) is 9.69 Å². The molecule has 1 saturated heterocycles. The van der Waals surface area contributed by atoms with Crippen LogP contribution in [0.1, 0.15) is 36.3 Å². The van der Waals surface area contributed by atoms with Crippen LogP contribution in [0.15, 0.2) is 30.5 Å². The lowest BCUT2D eigenvalue weighted by atomic mass is 10.1. The first-order valence-corrected chi connectivity index (χ1v) is 10.7. The quantitative estimate of drug-likeness (QED) is 0.552. The predicted molar refractivity (Wildman–Crippen MR) is 117 cm³/mol. The molecule has 2 fully saturated rings. The maximum absolute atomic E-state index is 11.0. The highest BCUT2D eigenvalue weighted by Gasteiger charge is 2.27. The molecule has 0 bridgehead atoms. The standard InChI is InChI=1S/C22H30N6O2/c23-20(29)6-8-24-21-19(17-4-5-17)15-25-22(27-21)26-18-3-1-2-16(14-18)7-9-28-10-12-30-13-11-28/h1-3,14-15,17H,4-13H2,(H2,23,29)(H2,24,25,26,27). The van der Waals surface area contributed by atoms with E-state index in [0.717, 1.165) is 69.2 Å². The van der Waals surface area contributed by atoms with E-state index in [-0.39, 0.29) is 12.3 Å². The van der Waals surface area contributed by atoms with Gasteiger partial charge in [0, 0.05) is 50.0 Å². The number of anilines is 3. The maximum atomic E-state index is 11.0. The van der Waals surface area contributed by atoms with E-state index in [2.05, 4.69) is 43.7 Å². The zero-order chi connectivity index (χ0) is 20.8. The minimum Gasteiger partial charge on any atom is -0.379 e. The molecule has 0 spiro atoms. The molecule has 2 aliphatic rings. The lowest BCUT2D eigenvalue weighted by molar-refractivity contribution is -0.117. The number of amides is 1. The van der Waals surface area contributed by atoms with Gasteiger partial charge in [-0.25, -0.2) is 4.98 Å². The number of aromatic nitrogens is 2. The van der Waals surface area contributed by atoms with E-state index in [9.17, 15) is 4.79 Å². The molecule has 1 aliphatic heterocycles. The third-order valence-corrected chi connectivity index (χ3v) is 5.50. The minimum absolute atomic E-state index is 0.280. The number of nitrogens with one attached hydrogen (secondary N) is 2. The van der Waals surface area contributed by atoms with Crippen molar-refractivity contribution in [2.24, 2.45) is 5.73 Å². The van der Waals surface area contributed by atoms with Gasteiger partial charge in [0.1, 0.15) is 5.82 Å². The van der Waals surface area contributed by atoms with E-state index >= 15 is 0 Å². The molecule has 1 aromatic heterocycles. The first-order valence-electron chi connectivity index (χ1n) is 10.7. The van der Waals surface area contributed by atoms with Crippen LogP contribution in [0.2, 0.25) is 0 Å². The highest BCUT2D eigenvalue weighted by atomic mass is 16.5. The Hall–Kier alpha value is -2.71. The zero-order valence-corrected chi connectivity index (χ0v) is 17.3. The first-order chi connectivity index (χ1) is 14.7. The van der Waals surface area contributed by atoms with Crippen LogP contribution in [0, 0.1) is 0 Å². The van der Waals surface area contributed by atoms with Crippen LogP contribution in [0.3, 0.4) is 0 Å². The molecule has 1 amide bonds. The summed E-state index contributed by atoms with van der Waals surface area (Å²) >= 11 is 0. The van der Waals surface area contributed by atoms with Gasteiger partial charge in [0.2, 0.25) is 11.9 Å². The number of rotatable bonds is 10. The molecule has 0 radical (unpaired) electrons. The van der Waals surface area contributed by atoms with Crippen LogP contribution in [-0.4, -0.2) is 60.2 Å². The van der Waals surface area contributed by atoms with Gasteiger partial charge in [0.05, 0.1) is 13.2 Å². The number of benzene rings is 1. The van der Waals surface area contributed by atoms with E-state index in [1.54, 1.807) is 0 Å². The van der Waals surface area contributed by atoms with Crippen molar-refractivity contribution in [2.75, 3.05) is 50.0 Å². The molecular formula is C22H30N6O2. The largest absolute Gasteiger partial charge is 0.379 e. The summed E-state index contributed by atoms with van der Waals surface area (Å²) in [4.78, 5) is 22.7. The van der Waals surface area contributed by atoms with Crippen LogP contribution < -0.4 is 16.4 Å². The minimum atomic E-state index is -0.322. The molecular weight excluding hydrogens is 380 g/mol. The second-order valence-corrected chi connectivity index (χ2v) is 7.94. The highest BCUT2D eigenvalue weighted by molar-refractivity contribution is 5.74. The predicted octanol–water partition coefficient (Wildman–Crippen LogP) is 2.26. The summed E-state index contributed by atoms with van der Waals surface area (Å²) in [6, 6.07) is 8.39. The monoisotopic (exact) mass is 410 g/mol. The van der Waals surface area contributed by atoms with E-state index in [1.165, 1.54) is 5.56 Å². The smallest absolute Gasteiger partial charge is 0.229 e. The Morgan fingerprint density at radius 3 is 2.87 bits per heavy atom. The van der Waals surface area contributed by atoms with Crippen molar-refractivity contribution in [2.45, 2.75) is 31.6 Å². The lowest BCUT2D eigenvalue weighted by Crippen LogP contribution is -2.37. The zero-order valence-electron chi connectivity index (χ0n) is 17.3. The summed E-state index contributed by atoms with van der Waals surface area (Å²) in [5.41, 5.74) is 8.61. The number of carbonyl (C=O) groups excluding carboxylic acids is 1. The van der Waals surface area contributed by atoms with Gasteiger partial charge in [0.15, 0.2) is 0 Å². The van der Waals surface area contributed by atoms with Crippen molar-refractivity contribution < 1.29 is 9.53 Å². The summed E-state index contributed by atoms with van der Waals surface area (Å²) in [5.74, 6) is 1.53. The summed E-state index contributed by atoms with van der Waals surface area (Å²) in [6.45, 7) is 5.17. The van der Waals surface area contributed by atoms with Gasteiger partial charge < -0.3 is 21.1 Å². The lowest BCUT2D eigenvalue weighted by Gasteiger charge is -2.26. The van der Waals surface area contributed by atoms with E-state index in [0.29, 0.717) is 18.4 Å². The van der Waals surface area contributed by atoms with Crippen LogP contribution in [0.4, 0.5) is 17.5 Å². The van der Waals surface area contributed by atoms with Crippen molar-refractivity contribution >= 4 is 23.4 Å². The van der Waals surface area contributed by atoms with Crippen molar-refractivity contribution in [3.8, 4) is 0 Å². The third-order valence-electron chi connectivity index (χ3n) is 5.50. The van der Waals surface area contributed by atoms with Crippen LogP contribution in [0.25, 0.3) is 0 Å². The van der Waals surface area contributed by atoms with Crippen LogP contribution >= 0.6 is 0 Å². The molecule has 2 heterocycles. The molecule has 8 nitrogen and oxygen atoms in total. The Labute approximate surface area is 177 Å². The summed E-state index contributed by atoms with van der Waals surface area (Å²) in [5, 5.41) is 6.57. The molecule has 8 heteroatoms. The summed E-state index contributed by atoms with van der Waals surface area (Å²) in [6.07, 6.45) is 5.48. The summed E-state index contributed by atoms with van der Waals surface area (Å²) in [7, 11) is 0. The van der Waals surface area contributed by atoms with Crippen molar-refractivity contribution in [1.29, 1.82) is 0 Å². The van der Waals surface area contributed by atoms with E-state index in [1.807, 2.05) is 12.3 Å². The molecule has 0 unspecified atom stereocenters. The maximum Gasteiger partial charge on any atom is 0.229 e. The Morgan fingerprint density at radius 2 is 2.10 bits per heavy atom. The molecule has 160 valence electrons. The Bertz CT molecular complexity index is 864. The van der Waals surface area contributed by atoms with Gasteiger partial charge in [-0.15, -0.1) is 0 Å². The normalized spacial score (nSPS) is 16.9. The Kier molecular flexibility index (Phi) is 6.76. The average Bonchev–Trinajstić information content (AvgIpc) is 3.59. The molecule has 4 N–H and O–H groups in total. The second kappa shape index (κ2) is 9.86. The number of primary amides is 1. The fourth-order valence-corrected chi connectivity index (χ4v) is 3.64. The van der Waals surface area contributed by atoms with Crippen molar-refractivity contribution in [1.82, 2.24) is 14.9 Å². The number of hydrogen-bond donors (Lipinski definition) is 3. The SMILES string of the molecule is NC(=O)CCNc1nc(Nc2cccc(CCN3CCOCC3)c2)ncc1C1CC1. The van der Waals surface area contributed by atoms with Gasteiger partial charge >= 0.3 is 0 Å². The highest BCUT2D eigenvalue weighted by Crippen LogP contribution is 2.42. The number of hydrogen-bond acceptors (Lipinski definition) is 7. The van der Waals surface area contributed by atoms with Crippen LogP contribution in [-0.2, 0) is 16.0 Å². The van der Waals surface area contributed by atoms with Gasteiger partial charge in [-0.05, 0) is 42.9 Å². The Balaban J connectivity index is 1.39. The number of ether oxygens (including phenoxy) is 1. The third kappa shape index (κ3) is 5.90. The van der Waals surface area contributed by atoms with Gasteiger partial charge in [-0.1, -0.05) is 12.1 Å². The molecule has 1 saturated carbocycles. The van der Waals surface area contributed by atoms with E-state index in [4.69, 9.17) is 10.5 Å². The second-order valence-electron chi connectivity index (χ2n) is 7.94. The molecule has 4 rings (SSSR count). The first kappa shape index (κ1) is 20.6. The van der Waals surface area contributed by atoms with E-state index < -0.39 is 0 Å². The van der Waals surface area contributed by atoms with Crippen molar-refractivity contribution in [3.63, 3.8) is 0 Å². The average molecular weight is 411 g/mol. The number of carbonyl (C=O) groups is 1. The molecule has 2 aromatic rings. The van der Waals surface area contributed by atoms with Crippen LogP contribution in [0.5, 0.6) is 0 Å². The fraction of sp³-hybridized carbons (Fsp3) is 0.500. The molecule has 30 heavy (non-hydrogen) atoms. The number of nitrogens with zero attached hydrogens (tertiary/aromatic N) is 3. The van der Waals surface area contributed by atoms with Gasteiger partial charge in [0.25, 0.3) is 0 Å². The molecule has 0 atom stereocenters. The number of morpholine rings is 1.